The van der Waals surface area contributed by atoms with Gasteiger partial charge in [0.25, 0.3) is 10.0 Å². The summed E-state index contributed by atoms with van der Waals surface area (Å²) in [7, 11) is -4.43. The average Bonchev–Trinajstić information content (AvgIpc) is 2.33. The summed E-state index contributed by atoms with van der Waals surface area (Å²) in [5, 5.41) is 0. The predicted octanol–water partition coefficient (Wildman–Crippen LogP) is 3.67. The van der Waals surface area contributed by atoms with Crippen LogP contribution in [0, 0.1) is 17.5 Å². The number of benzene rings is 2. The molecule has 0 aliphatic heterocycles. The molecule has 2 aromatic rings. The lowest BCUT2D eigenvalue weighted by molar-refractivity contribution is 0.565. The van der Waals surface area contributed by atoms with Crippen LogP contribution in [0.1, 0.15) is 0 Å². The predicted molar refractivity (Wildman–Crippen MR) is 71.3 cm³/mol. The van der Waals surface area contributed by atoms with E-state index in [1.807, 2.05) is 0 Å². The largest absolute Gasteiger partial charge is 0.274 e. The SMILES string of the molecule is O=S(=O)(Nc1c(F)cccc1F)c1ccc(Br)cc1F. The van der Waals surface area contributed by atoms with Gasteiger partial charge in [-0.2, -0.15) is 0 Å². The number of anilines is 1. The van der Waals surface area contributed by atoms with Crippen molar-refractivity contribution in [2.75, 3.05) is 4.72 Å². The third kappa shape index (κ3) is 2.96. The second kappa shape index (κ2) is 5.45. The third-order valence-corrected chi connectivity index (χ3v) is 4.26. The summed E-state index contributed by atoms with van der Waals surface area (Å²) in [6.07, 6.45) is 0. The van der Waals surface area contributed by atoms with Crippen LogP contribution >= 0.6 is 15.9 Å². The molecule has 3 nitrogen and oxygen atoms in total. The van der Waals surface area contributed by atoms with Crippen molar-refractivity contribution < 1.29 is 21.6 Å². The Morgan fingerprint density at radius 1 is 0.950 bits per heavy atom. The fraction of sp³-hybridized carbons (Fsp3) is 0. The van der Waals surface area contributed by atoms with Crippen LogP contribution in [0.4, 0.5) is 18.9 Å². The molecule has 1 N–H and O–H groups in total. The van der Waals surface area contributed by atoms with Gasteiger partial charge in [0, 0.05) is 4.47 Å². The molecule has 0 amide bonds. The lowest BCUT2D eigenvalue weighted by Crippen LogP contribution is -2.16. The van der Waals surface area contributed by atoms with Crippen molar-refractivity contribution in [1.29, 1.82) is 0 Å². The van der Waals surface area contributed by atoms with Gasteiger partial charge in [0.15, 0.2) is 0 Å². The minimum Gasteiger partial charge on any atom is -0.274 e. The molecule has 0 saturated heterocycles. The Balaban J connectivity index is 2.46. The molecule has 0 atom stereocenters. The van der Waals surface area contributed by atoms with E-state index < -0.39 is 38.1 Å². The van der Waals surface area contributed by atoms with E-state index in [-0.39, 0.29) is 0 Å². The highest BCUT2D eigenvalue weighted by molar-refractivity contribution is 9.10. The van der Waals surface area contributed by atoms with Crippen LogP contribution in [0.25, 0.3) is 0 Å². The fourth-order valence-electron chi connectivity index (χ4n) is 1.48. The van der Waals surface area contributed by atoms with Crippen LogP contribution in [0.15, 0.2) is 45.8 Å². The van der Waals surface area contributed by atoms with Gasteiger partial charge in [0.1, 0.15) is 28.0 Å². The normalized spacial score (nSPS) is 11.4. The number of nitrogens with one attached hydrogen (secondary N) is 1. The van der Waals surface area contributed by atoms with Crippen molar-refractivity contribution in [2.45, 2.75) is 4.90 Å². The quantitative estimate of drug-likeness (QED) is 0.901. The molecule has 0 saturated carbocycles. The van der Waals surface area contributed by atoms with Crippen LogP contribution in [-0.4, -0.2) is 8.42 Å². The van der Waals surface area contributed by atoms with Gasteiger partial charge in [-0.1, -0.05) is 22.0 Å². The smallest absolute Gasteiger partial charge is 0.265 e. The molecule has 0 radical (unpaired) electrons. The molecule has 0 aliphatic rings. The van der Waals surface area contributed by atoms with Crippen LogP contribution in [-0.2, 0) is 10.0 Å². The first kappa shape index (κ1) is 14.9. The second-order valence-corrected chi connectivity index (χ2v) is 6.34. The highest BCUT2D eigenvalue weighted by Crippen LogP contribution is 2.25. The summed E-state index contributed by atoms with van der Waals surface area (Å²) >= 11 is 2.98. The number of sulfonamides is 1. The summed E-state index contributed by atoms with van der Waals surface area (Å²) in [6.45, 7) is 0. The van der Waals surface area contributed by atoms with Gasteiger partial charge < -0.3 is 0 Å². The Morgan fingerprint density at radius 3 is 2.10 bits per heavy atom. The molecule has 8 heteroatoms. The van der Waals surface area contributed by atoms with Crippen molar-refractivity contribution in [3.05, 3.63) is 58.3 Å². The van der Waals surface area contributed by atoms with E-state index in [9.17, 15) is 21.6 Å². The first-order valence-corrected chi connectivity index (χ1v) is 7.51. The molecule has 20 heavy (non-hydrogen) atoms. The van der Waals surface area contributed by atoms with Crippen molar-refractivity contribution >= 4 is 31.6 Å². The Hall–Kier alpha value is -1.54. The van der Waals surface area contributed by atoms with Gasteiger partial charge in [-0.25, -0.2) is 21.6 Å². The molecule has 2 rings (SSSR count). The van der Waals surface area contributed by atoms with E-state index in [1.54, 1.807) is 4.72 Å². The Morgan fingerprint density at radius 2 is 1.55 bits per heavy atom. The van der Waals surface area contributed by atoms with E-state index in [0.717, 1.165) is 30.3 Å². The molecule has 0 spiro atoms. The zero-order chi connectivity index (χ0) is 14.9. The van der Waals surface area contributed by atoms with Gasteiger partial charge in [-0.05, 0) is 30.3 Å². The molecule has 0 aliphatic carbocycles. The molecular formula is C12H7BrF3NO2S. The zero-order valence-corrected chi connectivity index (χ0v) is 12.1. The first-order valence-electron chi connectivity index (χ1n) is 5.23. The van der Waals surface area contributed by atoms with Crippen LogP contribution < -0.4 is 4.72 Å². The van der Waals surface area contributed by atoms with Crippen molar-refractivity contribution in [1.82, 2.24) is 0 Å². The van der Waals surface area contributed by atoms with Gasteiger partial charge >= 0.3 is 0 Å². The van der Waals surface area contributed by atoms with Gasteiger partial charge in [0.2, 0.25) is 0 Å². The fourth-order valence-corrected chi connectivity index (χ4v) is 2.95. The van der Waals surface area contributed by atoms with Gasteiger partial charge in [0.05, 0.1) is 0 Å². The average molecular weight is 366 g/mol. The molecule has 0 aromatic heterocycles. The topological polar surface area (TPSA) is 46.2 Å². The van der Waals surface area contributed by atoms with Gasteiger partial charge in [-0.15, -0.1) is 0 Å². The van der Waals surface area contributed by atoms with Crippen molar-refractivity contribution in [3.63, 3.8) is 0 Å². The Kier molecular flexibility index (Phi) is 4.05. The van der Waals surface area contributed by atoms with Crippen molar-refractivity contribution in [3.8, 4) is 0 Å². The number of halogens is 4. The molecule has 0 fully saturated rings. The second-order valence-electron chi connectivity index (χ2n) is 3.78. The Labute approximate surface area is 121 Å². The maximum atomic E-state index is 13.6. The number of hydrogen-bond acceptors (Lipinski definition) is 2. The summed E-state index contributed by atoms with van der Waals surface area (Å²) in [4.78, 5) is -0.705. The minimum atomic E-state index is -4.43. The highest BCUT2D eigenvalue weighted by atomic mass is 79.9. The first-order chi connectivity index (χ1) is 9.31. The third-order valence-electron chi connectivity index (χ3n) is 2.38. The molecule has 0 unspecified atom stereocenters. The Bertz CT molecular complexity index is 745. The maximum Gasteiger partial charge on any atom is 0.265 e. The number of hydrogen-bond donors (Lipinski definition) is 1. The molecule has 106 valence electrons. The monoisotopic (exact) mass is 365 g/mol. The molecule has 0 bridgehead atoms. The number of para-hydroxylation sites is 1. The standard InChI is InChI=1S/C12H7BrF3NO2S/c13-7-4-5-11(10(16)6-7)20(18,19)17-12-8(14)2-1-3-9(12)15/h1-6,17H. The highest BCUT2D eigenvalue weighted by Gasteiger charge is 2.22. The van der Waals surface area contributed by atoms with E-state index in [0.29, 0.717) is 4.47 Å². The van der Waals surface area contributed by atoms with Crippen LogP contribution in [0.2, 0.25) is 0 Å². The molecule has 0 heterocycles. The van der Waals surface area contributed by atoms with Crippen LogP contribution in [0.3, 0.4) is 0 Å². The van der Waals surface area contributed by atoms with E-state index in [2.05, 4.69) is 15.9 Å². The maximum absolute atomic E-state index is 13.6. The summed E-state index contributed by atoms with van der Waals surface area (Å²) in [6, 6.07) is 6.09. The van der Waals surface area contributed by atoms with E-state index >= 15 is 0 Å². The summed E-state index contributed by atoms with van der Waals surface area (Å²) in [5.74, 6) is -3.22. The molecule has 2 aromatic carbocycles. The number of rotatable bonds is 3. The van der Waals surface area contributed by atoms with Crippen LogP contribution in [0.5, 0.6) is 0 Å². The van der Waals surface area contributed by atoms with Crippen molar-refractivity contribution in [2.24, 2.45) is 0 Å². The summed E-state index contributed by atoms with van der Waals surface area (Å²) in [5.41, 5.74) is -0.852. The minimum absolute atomic E-state index is 0.339. The molecular weight excluding hydrogens is 359 g/mol. The lowest BCUT2D eigenvalue weighted by atomic mass is 10.3. The zero-order valence-electron chi connectivity index (χ0n) is 9.70. The summed E-state index contributed by atoms with van der Waals surface area (Å²) < 4.78 is 66.3. The lowest BCUT2D eigenvalue weighted by Gasteiger charge is -2.10. The van der Waals surface area contributed by atoms with E-state index in [1.165, 1.54) is 6.07 Å². The van der Waals surface area contributed by atoms with E-state index in [4.69, 9.17) is 0 Å². The van der Waals surface area contributed by atoms with Gasteiger partial charge in [-0.3, -0.25) is 4.72 Å².